The van der Waals surface area contributed by atoms with E-state index in [0.29, 0.717) is 17.9 Å². The molecule has 0 aliphatic rings. The van der Waals surface area contributed by atoms with E-state index < -0.39 is 0 Å². The molecular formula is C9H16N4O. The fourth-order valence-electron chi connectivity index (χ4n) is 1.14. The summed E-state index contributed by atoms with van der Waals surface area (Å²) < 4.78 is 0. The minimum absolute atomic E-state index is 0.184. The van der Waals surface area contributed by atoms with Crippen LogP contribution in [0.2, 0.25) is 0 Å². The van der Waals surface area contributed by atoms with E-state index in [1.54, 1.807) is 0 Å². The summed E-state index contributed by atoms with van der Waals surface area (Å²) in [5.74, 6) is -0.184. The van der Waals surface area contributed by atoms with Gasteiger partial charge in [-0.3, -0.25) is 9.89 Å². The molecule has 0 aromatic carbocycles. The van der Waals surface area contributed by atoms with Gasteiger partial charge in [-0.15, -0.1) is 0 Å². The molecule has 0 aliphatic heterocycles. The summed E-state index contributed by atoms with van der Waals surface area (Å²) in [7, 11) is 0. The Morgan fingerprint density at radius 3 is 3.00 bits per heavy atom. The largest absolute Gasteiger partial charge is 0.396 e. The van der Waals surface area contributed by atoms with Crippen molar-refractivity contribution in [1.82, 2.24) is 15.5 Å². The number of aromatic amines is 1. The molecule has 0 atom stereocenters. The number of nitrogens with one attached hydrogen (secondary N) is 2. The normalized spacial score (nSPS) is 10.1. The van der Waals surface area contributed by atoms with E-state index in [0.717, 1.165) is 19.3 Å². The number of hydrogen-bond donors (Lipinski definition) is 3. The SMILES string of the molecule is CCCCCNC(=O)c1[nH]ncc1N. The topological polar surface area (TPSA) is 83.8 Å². The van der Waals surface area contributed by atoms with Crippen LogP contribution in [-0.2, 0) is 0 Å². The van der Waals surface area contributed by atoms with E-state index in [-0.39, 0.29) is 5.91 Å². The molecule has 0 radical (unpaired) electrons. The molecular weight excluding hydrogens is 180 g/mol. The number of hydrogen-bond acceptors (Lipinski definition) is 3. The second kappa shape index (κ2) is 5.26. The molecule has 1 heterocycles. The first kappa shape index (κ1) is 10.6. The van der Waals surface area contributed by atoms with Crippen LogP contribution in [0.5, 0.6) is 0 Å². The highest BCUT2D eigenvalue weighted by atomic mass is 16.1. The van der Waals surface area contributed by atoms with Gasteiger partial charge in [-0.1, -0.05) is 19.8 Å². The van der Waals surface area contributed by atoms with E-state index in [1.807, 2.05) is 0 Å². The third-order valence-electron chi connectivity index (χ3n) is 1.96. The number of rotatable bonds is 5. The molecule has 1 amide bonds. The molecule has 1 aromatic rings. The zero-order valence-corrected chi connectivity index (χ0v) is 8.34. The Labute approximate surface area is 83.1 Å². The molecule has 0 spiro atoms. The van der Waals surface area contributed by atoms with E-state index in [1.165, 1.54) is 6.20 Å². The van der Waals surface area contributed by atoms with Gasteiger partial charge in [-0.05, 0) is 6.42 Å². The van der Waals surface area contributed by atoms with Gasteiger partial charge in [0.15, 0.2) is 0 Å². The Balaban J connectivity index is 2.32. The second-order valence-electron chi connectivity index (χ2n) is 3.16. The molecule has 5 heteroatoms. The van der Waals surface area contributed by atoms with Crippen molar-refractivity contribution < 1.29 is 4.79 Å². The lowest BCUT2D eigenvalue weighted by molar-refractivity contribution is 0.0949. The van der Waals surface area contributed by atoms with Gasteiger partial charge in [-0.2, -0.15) is 5.10 Å². The molecule has 0 saturated carbocycles. The van der Waals surface area contributed by atoms with Crippen LogP contribution in [0.3, 0.4) is 0 Å². The van der Waals surface area contributed by atoms with Crippen molar-refractivity contribution >= 4 is 11.6 Å². The molecule has 0 fully saturated rings. The monoisotopic (exact) mass is 196 g/mol. The van der Waals surface area contributed by atoms with Crippen LogP contribution < -0.4 is 11.1 Å². The minimum Gasteiger partial charge on any atom is -0.396 e. The van der Waals surface area contributed by atoms with E-state index in [2.05, 4.69) is 22.4 Å². The van der Waals surface area contributed by atoms with Crippen molar-refractivity contribution in [2.75, 3.05) is 12.3 Å². The number of amides is 1. The first-order valence-corrected chi connectivity index (χ1v) is 4.82. The number of nitrogens with zero attached hydrogens (tertiary/aromatic N) is 1. The van der Waals surface area contributed by atoms with Crippen molar-refractivity contribution in [2.24, 2.45) is 0 Å². The molecule has 4 N–H and O–H groups in total. The first-order valence-electron chi connectivity index (χ1n) is 4.82. The smallest absolute Gasteiger partial charge is 0.271 e. The van der Waals surface area contributed by atoms with Crippen LogP contribution in [0.4, 0.5) is 5.69 Å². The fourth-order valence-corrected chi connectivity index (χ4v) is 1.14. The van der Waals surface area contributed by atoms with Gasteiger partial charge in [-0.25, -0.2) is 0 Å². The van der Waals surface area contributed by atoms with Gasteiger partial charge in [0.2, 0.25) is 0 Å². The Morgan fingerprint density at radius 2 is 2.43 bits per heavy atom. The van der Waals surface area contributed by atoms with Crippen LogP contribution in [-0.4, -0.2) is 22.6 Å². The molecule has 0 unspecified atom stereocenters. The van der Waals surface area contributed by atoms with Crippen LogP contribution in [0.1, 0.15) is 36.7 Å². The quantitative estimate of drug-likeness (QED) is 0.612. The summed E-state index contributed by atoms with van der Waals surface area (Å²) in [5.41, 5.74) is 6.25. The van der Waals surface area contributed by atoms with Crippen molar-refractivity contribution in [3.05, 3.63) is 11.9 Å². The minimum atomic E-state index is -0.184. The summed E-state index contributed by atoms with van der Waals surface area (Å²) in [6.07, 6.45) is 4.69. The fraction of sp³-hybridized carbons (Fsp3) is 0.556. The average Bonchev–Trinajstić information content (AvgIpc) is 2.59. The zero-order chi connectivity index (χ0) is 10.4. The van der Waals surface area contributed by atoms with Gasteiger partial charge in [0.05, 0.1) is 11.9 Å². The zero-order valence-electron chi connectivity index (χ0n) is 8.34. The van der Waals surface area contributed by atoms with Crippen LogP contribution in [0.25, 0.3) is 0 Å². The van der Waals surface area contributed by atoms with Gasteiger partial charge >= 0.3 is 0 Å². The number of carbonyl (C=O) groups excluding carboxylic acids is 1. The number of carbonyl (C=O) groups is 1. The maximum Gasteiger partial charge on any atom is 0.271 e. The highest BCUT2D eigenvalue weighted by Crippen LogP contribution is 2.05. The second-order valence-corrected chi connectivity index (χ2v) is 3.16. The van der Waals surface area contributed by atoms with Crippen LogP contribution in [0, 0.1) is 0 Å². The molecule has 0 bridgehead atoms. The average molecular weight is 196 g/mol. The molecule has 5 nitrogen and oxygen atoms in total. The Hall–Kier alpha value is -1.52. The lowest BCUT2D eigenvalue weighted by Crippen LogP contribution is -2.25. The van der Waals surface area contributed by atoms with E-state index >= 15 is 0 Å². The predicted molar refractivity (Wildman–Crippen MR) is 54.9 cm³/mol. The van der Waals surface area contributed by atoms with Crippen molar-refractivity contribution in [3.8, 4) is 0 Å². The molecule has 1 aromatic heterocycles. The lowest BCUT2D eigenvalue weighted by atomic mass is 10.2. The third-order valence-corrected chi connectivity index (χ3v) is 1.96. The molecule has 1 rings (SSSR count). The number of aromatic nitrogens is 2. The standard InChI is InChI=1S/C9H16N4O/c1-2-3-4-5-11-9(14)8-7(10)6-12-13-8/h6H,2-5,10H2,1H3,(H,11,14)(H,12,13). The first-order chi connectivity index (χ1) is 6.75. The Morgan fingerprint density at radius 1 is 1.64 bits per heavy atom. The van der Waals surface area contributed by atoms with Gasteiger partial charge in [0.25, 0.3) is 5.91 Å². The van der Waals surface area contributed by atoms with Gasteiger partial charge < -0.3 is 11.1 Å². The van der Waals surface area contributed by atoms with Crippen molar-refractivity contribution in [3.63, 3.8) is 0 Å². The van der Waals surface area contributed by atoms with E-state index in [4.69, 9.17) is 5.73 Å². The van der Waals surface area contributed by atoms with Gasteiger partial charge in [0.1, 0.15) is 5.69 Å². The Kier molecular flexibility index (Phi) is 3.97. The van der Waals surface area contributed by atoms with Crippen molar-refractivity contribution in [1.29, 1.82) is 0 Å². The van der Waals surface area contributed by atoms with Gasteiger partial charge in [0, 0.05) is 6.54 Å². The van der Waals surface area contributed by atoms with E-state index in [9.17, 15) is 4.79 Å². The van der Waals surface area contributed by atoms with Crippen LogP contribution in [0.15, 0.2) is 6.20 Å². The predicted octanol–water partition coefficient (Wildman–Crippen LogP) is 0.912. The highest BCUT2D eigenvalue weighted by molar-refractivity contribution is 5.96. The maximum atomic E-state index is 11.4. The van der Waals surface area contributed by atoms with Crippen molar-refractivity contribution in [2.45, 2.75) is 26.2 Å². The lowest BCUT2D eigenvalue weighted by Gasteiger charge is -2.02. The number of nitrogen functional groups attached to an aromatic ring is 1. The highest BCUT2D eigenvalue weighted by Gasteiger charge is 2.09. The summed E-state index contributed by atoms with van der Waals surface area (Å²) in [4.78, 5) is 11.4. The summed E-state index contributed by atoms with van der Waals surface area (Å²) in [6, 6.07) is 0. The summed E-state index contributed by atoms with van der Waals surface area (Å²) >= 11 is 0. The molecule has 0 saturated heterocycles. The Bertz CT molecular complexity index is 295. The molecule has 14 heavy (non-hydrogen) atoms. The maximum absolute atomic E-state index is 11.4. The van der Waals surface area contributed by atoms with Crippen LogP contribution >= 0.6 is 0 Å². The third kappa shape index (κ3) is 2.76. The summed E-state index contributed by atoms with van der Waals surface area (Å²) in [6.45, 7) is 2.81. The molecule has 78 valence electrons. The number of anilines is 1. The number of unbranched alkanes of at least 4 members (excludes halogenated alkanes) is 2. The number of nitrogens with two attached hydrogens (primary N) is 1. The summed E-state index contributed by atoms with van der Waals surface area (Å²) in [5, 5.41) is 9.01. The molecule has 0 aliphatic carbocycles. The number of H-pyrrole nitrogens is 1.